The van der Waals surface area contributed by atoms with Crippen LogP contribution in [0, 0.1) is 11.8 Å². The van der Waals surface area contributed by atoms with Crippen molar-refractivity contribution in [2.75, 3.05) is 6.61 Å². The second kappa shape index (κ2) is 8.86. The van der Waals surface area contributed by atoms with Gasteiger partial charge in [-0.1, -0.05) is 50.1 Å². The SMILES string of the molecule is CC1=CC=C(C(C)CCC=C(C)COC(=O)C(C)C)CC1. The molecule has 0 radical (unpaired) electrons. The van der Waals surface area contributed by atoms with Crippen LogP contribution in [0.15, 0.2) is 34.9 Å². The Balaban J connectivity index is 2.31. The van der Waals surface area contributed by atoms with Crippen molar-refractivity contribution in [3.8, 4) is 0 Å². The molecule has 1 aliphatic rings. The van der Waals surface area contributed by atoms with Crippen molar-refractivity contribution in [3.05, 3.63) is 34.9 Å². The molecular formula is C19H30O2. The summed E-state index contributed by atoms with van der Waals surface area (Å²) in [4.78, 5) is 11.4. The normalized spacial score (nSPS) is 17.3. The minimum absolute atomic E-state index is 0.0485. The molecule has 1 atom stereocenters. The zero-order valence-corrected chi connectivity index (χ0v) is 14.2. The van der Waals surface area contributed by atoms with Gasteiger partial charge in [-0.25, -0.2) is 0 Å². The smallest absolute Gasteiger partial charge is 0.308 e. The number of hydrogen-bond acceptors (Lipinski definition) is 2. The zero-order valence-electron chi connectivity index (χ0n) is 14.2. The van der Waals surface area contributed by atoms with Crippen molar-refractivity contribution in [2.24, 2.45) is 11.8 Å². The Hall–Kier alpha value is -1.31. The average molecular weight is 290 g/mol. The lowest BCUT2D eigenvalue weighted by Crippen LogP contribution is -2.12. The molecule has 118 valence electrons. The molecule has 0 fully saturated rings. The highest BCUT2D eigenvalue weighted by Crippen LogP contribution is 2.27. The Bertz CT molecular complexity index is 438. The predicted octanol–water partition coefficient (Wildman–Crippen LogP) is 5.21. The predicted molar refractivity (Wildman–Crippen MR) is 89.0 cm³/mol. The summed E-state index contributed by atoms with van der Waals surface area (Å²) in [5.74, 6) is 0.467. The molecule has 1 unspecified atom stereocenters. The summed E-state index contributed by atoms with van der Waals surface area (Å²) in [6.45, 7) is 10.7. The van der Waals surface area contributed by atoms with Gasteiger partial charge in [0.2, 0.25) is 0 Å². The molecule has 0 spiro atoms. The Labute approximate surface area is 130 Å². The minimum Gasteiger partial charge on any atom is -0.461 e. The summed E-state index contributed by atoms with van der Waals surface area (Å²) in [5, 5.41) is 0. The number of ether oxygens (including phenoxy) is 1. The van der Waals surface area contributed by atoms with Crippen molar-refractivity contribution >= 4 is 5.97 Å². The maximum Gasteiger partial charge on any atom is 0.308 e. The van der Waals surface area contributed by atoms with E-state index in [-0.39, 0.29) is 11.9 Å². The third-order valence-corrected chi connectivity index (χ3v) is 4.03. The molecule has 2 heteroatoms. The molecule has 2 nitrogen and oxygen atoms in total. The molecule has 0 N–H and O–H groups in total. The number of hydrogen-bond donors (Lipinski definition) is 0. The summed E-state index contributed by atoms with van der Waals surface area (Å²) < 4.78 is 5.22. The van der Waals surface area contributed by atoms with Crippen LogP contribution in [0.1, 0.15) is 60.3 Å². The summed E-state index contributed by atoms with van der Waals surface area (Å²) in [5.41, 5.74) is 4.19. The second-order valence-corrected chi connectivity index (χ2v) is 6.55. The van der Waals surface area contributed by atoms with Crippen LogP contribution in [0.5, 0.6) is 0 Å². The van der Waals surface area contributed by atoms with Crippen molar-refractivity contribution in [1.29, 1.82) is 0 Å². The van der Waals surface area contributed by atoms with Gasteiger partial charge in [0.15, 0.2) is 0 Å². The van der Waals surface area contributed by atoms with Gasteiger partial charge in [-0.05, 0) is 51.0 Å². The lowest BCUT2D eigenvalue weighted by molar-refractivity contribution is -0.146. The number of carbonyl (C=O) groups excluding carboxylic acids is 1. The Morgan fingerprint density at radius 1 is 1.29 bits per heavy atom. The van der Waals surface area contributed by atoms with Gasteiger partial charge >= 0.3 is 5.97 Å². The summed E-state index contributed by atoms with van der Waals surface area (Å²) in [6, 6.07) is 0. The van der Waals surface area contributed by atoms with Crippen LogP contribution in [0.25, 0.3) is 0 Å². The quantitative estimate of drug-likeness (QED) is 0.475. The highest BCUT2D eigenvalue weighted by molar-refractivity contribution is 5.71. The molecule has 0 aliphatic heterocycles. The van der Waals surface area contributed by atoms with E-state index in [9.17, 15) is 4.79 Å². The van der Waals surface area contributed by atoms with Crippen molar-refractivity contribution < 1.29 is 9.53 Å². The topological polar surface area (TPSA) is 26.3 Å². The van der Waals surface area contributed by atoms with E-state index in [1.807, 2.05) is 20.8 Å². The summed E-state index contributed by atoms with van der Waals surface area (Å²) in [6.07, 6.45) is 11.4. The molecule has 1 aliphatic carbocycles. The largest absolute Gasteiger partial charge is 0.461 e. The first-order valence-electron chi connectivity index (χ1n) is 8.08. The summed E-state index contributed by atoms with van der Waals surface area (Å²) >= 11 is 0. The van der Waals surface area contributed by atoms with Crippen LogP contribution in [-0.4, -0.2) is 12.6 Å². The lowest BCUT2D eigenvalue weighted by Gasteiger charge is -2.18. The zero-order chi connectivity index (χ0) is 15.8. The van der Waals surface area contributed by atoms with E-state index in [2.05, 4.69) is 32.1 Å². The van der Waals surface area contributed by atoms with E-state index in [1.54, 1.807) is 5.57 Å². The maximum atomic E-state index is 11.4. The van der Waals surface area contributed by atoms with Gasteiger partial charge in [0.25, 0.3) is 0 Å². The van der Waals surface area contributed by atoms with Crippen molar-refractivity contribution in [3.63, 3.8) is 0 Å². The third kappa shape index (κ3) is 6.79. The lowest BCUT2D eigenvalue weighted by atomic mass is 9.88. The first-order valence-corrected chi connectivity index (χ1v) is 8.08. The fourth-order valence-electron chi connectivity index (χ4n) is 2.34. The molecule has 0 aromatic rings. The van der Waals surface area contributed by atoms with Crippen LogP contribution < -0.4 is 0 Å². The highest BCUT2D eigenvalue weighted by atomic mass is 16.5. The van der Waals surface area contributed by atoms with E-state index in [1.165, 1.54) is 18.4 Å². The van der Waals surface area contributed by atoms with E-state index in [0.29, 0.717) is 12.5 Å². The first-order chi connectivity index (χ1) is 9.90. The van der Waals surface area contributed by atoms with Gasteiger partial charge in [-0.3, -0.25) is 4.79 Å². The molecule has 0 aromatic heterocycles. The Kier molecular flexibility index (Phi) is 7.49. The Morgan fingerprint density at radius 2 is 2.00 bits per heavy atom. The van der Waals surface area contributed by atoms with Gasteiger partial charge in [-0.2, -0.15) is 0 Å². The van der Waals surface area contributed by atoms with Gasteiger partial charge in [-0.15, -0.1) is 0 Å². The monoisotopic (exact) mass is 290 g/mol. The third-order valence-electron chi connectivity index (χ3n) is 4.03. The van der Waals surface area contributed by atoms with E-state index < -0.39 is 0 Å². The molecule has 0 bridgehead atoms. The average Bonchev–Trinajstić information content (AvgIpc) is 2.45. The summed E-state index contributed by atoms with van der Waals surface area (Å²) in [7, 11) is 0. The van der Waals surface area contributed by atoms with Crippen LogP contribution in [0.2, 0.25) is 0 Å². The first kappa shape index (κ1) is 17.7. The molecule has 0 heterocycles. The molecule has 0 saturated carbocycles. The van der Waals surface area contributed by atoms with Gasteiger partial charge in [0.05, 0.1) is 5.92 Å². The molecule has 21 heavy (non-hydrogen) atoms. The maximum absolute atomic E-state index is 11.4. The van der Waals surface area contributed by atoms with E-state index in [4.69, 9.17) is 4.74 Å². The second-order valence-electron chi connectivity index (χ2n) is 6.55. The van der Waals surface area contributed by atoms with Crippen molar-refractivity contribution in [2.45, 2.75) is 60.3 Å². The highest BCUT2D eigenvalue weighted by Gasteiger charge is 2.11. The van der Waals surface area contributed by atoms with E-state index in [0.717, 1.165) is 18.4 Å². The fraction of sp³-hybridized carbons (Fsp3) is 0.632. The van der Waals surface area contributed by atoms with Crippen LogP contribution in [0.3, 0.4) is 0 Å². The minimum atomic E-state index is -0.120. The molecule has 1 rings (SSSR count). The molecular weight excluding hydrogens is 260 g/mol. The number of esters is 1. The number of allylic oxidation sites excluding steroid dienone is 5. The number of carbonyl (C=O) groups is 1. The standard InChI is InChI=1S/C19H30O2/c1-14(2)19(20)21-13-16(4)7-6-8-17(5)18-11-9-15(3)10-12-18/h7,9,11,14,17H,6,8,10,12-13H2,1-5H3. The van der Waals surface area contributed by atoms with Crippen LogP contribution in [0.4, 0.5) is 0 Å². The molecule has 0 aromatic carbocycles. The molecule has 0 saturated heterocycles. The fourth-order valence-corrected chi connectivity index (χ4v) is 2.34. The Morgan fingerprint density at radius 3 is 2.57 bits per heavy atom. The van der Waals surface area contributed by atoms with Gasteiger partial charge in [0, 0.05) is 0 Å². The molecule has 0 amide bonds. The van der Waals surface area contributed by atoms with Gasteiger partial charge < -0.3 is 4.74 Å². The van der Waals surface area contributed by atoms with Crippen LogP contribution >= 0.6 is 0 Å². The van der Waals surface area contributed by atoms with Crippen LogP contribution in [-0.2, 0) is 9.53 Å². The van der Waals surface area contributed by atoms with Gasteiger partial charge in [0.1, 0.15) is 6.61 Å². The van der Waals surface area contributed by atoms with Crippen molar-refractivity contribution in [1.82, 2.24) is 0 Å². The van der Waals surface area contributed by atoms with E-state index >= 15 is 0 Å². The number of rotatable bonds is 7.